The van der Waals surface area contributed by atoms with Gasteiger partial charge in [0.2, 0.25) is 5.91 Å². The molecular weight excluding hydrogens is 304 g/mol. The zero-order chi connectivity index (χ0) is 16.6. The maximum Gasteiger partial charge on any atom is 0.251 e. The molecule has 1 saturated heterocycles. The van der Waals surface area contributed by atoms with Gasteiger partial charge in [0.1, 0.15) is 0 Å². The molecule has 2 fully saturated rings. The lowest BCUT2D eigenvalue weighted by molar-refractivity contribution is -0.117. The van der Waals surface area contributed by atoms with Crippen LogP contribution in [0, 0.1) is 5.92 Å². The molecule has 130 valence electrons. The molecule has 1 amide bonds. The van der Waals surface area contributed by atoms with E-state index in [9.17, 15) is 4.79 Å². The Morgan fingerprint density at radius 1 is 1.21 bits per heavy atom. The molecule has 2 aliphatic heterocycles. The fraction of sp³-hybridized carbons (Fsp3) is 0.632. The van der Waals surface area contributed by atoms with E-state index in [0.29, 0.717) is 6.54 Å². The first kappa shape index (κ1) is 15.8. The average molecular weight is 330 g/mol. The number of nitrogens with one attached hydrogen (secondary N) is 1. The zero-order valence-electron chi connectivity index (χ0n) is 14.3. The van der Waals surface area contributed by atoms with E-state index in [2.05, 4.69) is 17.1 Å². The number of benzene rings is 1. The van der Waals surface area contributed by atoms with Gasteiger partial charge in [-0.25, -0.2) is 0 Å². The van der Waals surface area contributed by atoms with Crippen LogP contribution in [0.25, 0.3) is 0 Å². The van der Waals surface area contributed by atoms with Crippen LogP contribution >= 0.6 is 0 Å². The van der Waals surface area contributed by atoms with E-state index in [1.807, 2.05) is 18.2 Å². The maximum atomic E-state index is 12.3. The molecule has 1 N–H and O–H groups in total. The largest absolute Gasteiger partial charge is 0.448 e. The van der Waals surface area contributed by atoms with Gasteiger partial charge in [-0.05, 0) is 56.8 Å². The maximum absolute atomic E-state index is 12.3. The number of nitrogens with zero attached hydrogens (tertiary/aromatic N) is 1. The second kappa shape index (κ2) is 6.28. The van der Waals surface area contributed by atoms with Crippen molar-refractivity contribution in [3.8, 4) is 11.5 Å². The average Bonchev–Trinajstić information content (AvgIpc) is 3.15. The Bertz CT molecular complexity index is 617. The Kier molecular flexibility index (Phi) is 4.12. The second-order valence-electron chi connectivity index (χ2n) is 7.49. The van der Waals surface area contributed by atoms with Crippen LogP contribution in [0.5, 0.6) is 11.5 Å². The SMILES string of the molecule is CC1CCN(CC(=O)Nc2ccc3c(c2)OC2(CCCC2)O3)CC1. The molecule has 3 aliphatic rings. The van der Waals surface area contributed by atoms with Gasteiger partial charge >= 0.3 is 0 Å². The number of rotatable bonds is 3. The number of amides is 1. The van der Waals surface area contributed by atoms with E-state index in [1.165, 1.54) is 12.8 Å². The topological polar surface area (TPSA) is 50.8 Å². The summed E-state index contributed by atoms with van der Waals surface area (Å²) in [5.41, 5.74) is 0.780. The quantitative estimate of drug-likeness (QED) is 0.923. The Hall–Kier alpha value is -1.75. The van der Waals surface area contributed by atoms with Crippen molar-refractivity contribution in [2.75, 3.05) is 25.0 Å². The summed E-state index contributed by atoms with van der Waals surface area (Å²) in [4.78, 5) is 14.5. The Morgan fingerprint density at radius 2 is 1.92 bits per heavy atom. The molecule has 0 aromatic heterocycles. The predicted molar refractivity (Wildman–Crippen MR) is 92.4 cm³/mol. The number of ether oxygens (including phenoxy) is 2. The normalized spacial score (nSPS) is 22.9. The van der Waals surface area contributed by atoms with Crippen LogP contribution in [0.3, 0.4) is 0 Å². The van der Waals surface area contributed by atoms with Crippen LogP contribution in [-0.2, 0) is 4.79 Å². The lowest BCUT2D eigenvalue weighted by Gasteiger charge is -2.29. The van der Waals surface area contributed by atoms with E-state index in [0.717, 1.165) is 61.9 Å². The molecular formula is C19H26N2O3. The number of anilines is 1. The summed E-state index contributed by atoms with van der Waals surface area (Å²) in [6.07, 6.45) is 6.53. The van der Waals surface area contributed by atoms with Gasteiger partial charge in [0, 0.05) is 24.6 Å². The van der Waals surface area contributed by atoms with E-state index in [1.54, 1.807) is 0 Å². The molecule has 24 heavy (non-hydrogen) atoms. The van der Waals surface area contributed by atoms with Crippen molar-refractivity contribution in [1.82, 2.24) is 4.90 Å². The molecule has 1 aliphatic carbocycles. The van der Waals surface area contributed by atoms with Crippen molar-refractivity contribution >= 4 is 11.6 Å². The summed E-state index contributed by atoms with van der Waals surface area (Å²) < 4.78 is 12.1. The van der Waals surface area contributed by atoms with Crippen molar-refractivity contribution < 1.29 is 14.3 Å². The van der Waals surface area contributed by atoms with Crippen LogP contribution in [0.4, 0.5) is 5.69 Å². The molecule has 1 aromatic rings. The minimum atomic E-state index is -0.449. The summed E-state index contributed by atoms with van der Waals surface area (Å²) in [5.74, 6) is 1.91. The third kappa shape index (κ3) is 3.22. The number of hydrogen-bond donors (Lipinski definition) is 1. The van der Waals surface area contributed by atoms with Gasteiger partial charge in [-0.1, -0.05) is 6.92 Å². The Labute approximate surface area is 143 Å². The minimum absolute atomic E-state index is 0.0407. The number of carbonyl (C=O) groups is 1. The summed E-state index contributed by atoms with van der Waals surface area (Å²) in [6.45, 7) is 4.77. The van der Waals surface area contributed by atoms with E-state index in [4.69, 9.17) is 9.47 Å². The zero-order valence-corrected chi connectivity index (χ0v) is 14.3. The van der Waals surface area contributed by atoms with Crippen LogP contribution in [0.1, 0.15) is 45.4 Å². The van der Waals surface area contributed by atoms with Gasteiger partial charge in [-0.3, -0.25) is 9.69 Å². The first-order valence-electron chi connectivity index (χ1n) is 9.16. The van der Waals surface area contributed by atoms with Crippen molar-refractivity contribution in [1.29, 1.82) is 0 Å². The summed E-state index contributed by atoms with van der Waals surface area (Å²) in [7, 11) is 0. The second-order valence-corrected chi connectivity index (χ2v) is 7.49. The highest BCUT2D eigenvalue weighted by Crippen LogP contribution is 2.47. The first-order chi connectivity index (χ1) is 11.6. The van der Waals surface area contributed by atoms with Crippen molar-refractivity contribution in [3.05, 3.63) is 18.2 Å². The highest BCUT2D eigenvalue weighted by atomic mass is 16.7. The lowest BCUT2D eigenvalue weighted by Crippen LogP contribution is -2.38. The van der Waals surface area contributed by atoms with Gasteiger partial charge in [-0.15, -0.1) is 0 Å². The number of carbonyl (C=O) groups excluding carboxylic acids is 1. The summed E-state index contributed by atoms with van der Waals surface area (Å²) in [5, 5.41) is 2.99. The molecule has 0 radical (unpaired) electrons. The molecule has 1 aromatic carbocycles. The molecule has 1 spiro atoms. The van der Waals surface area contributed by atoms with E-state index < -0.39 is 5.79 Å². The standard InChI is InChI=1S/C19H26N2O3/c1-14-6-10-21(11-7-14)13-18(22)20-15-4-5-16-17(12-15)24-19(23-16)8-2-3-9-19/h4-5,12,14H,2-3,6-11,13H2,1H3,(H,20,22). The van der Waals surface area contributed by atoms with Gasteiger partial charge < -0.3 is 14.8 Å². The molecule has 0 bridgehead atoms. The van der Waals surface area contributed by atoms with Crippen LogP contribution in [-0.4, -0.2) is 36.2 Å². The highest BCUT2D eigenvalue weighted by molar-refractivity contribution is 5.92. The van der Waals surface area contributed by atoms with Crippen LogP contribution in [0.15, 0.2) is 18.2 Å². The van der Waals surface area contributed by atoms with Crippen molar-refractivity contribution in [3.63, 3.8) is 0 Å². The van der Waals surface area contributed by atoms with Crippen molar-refractivity contribution in [2.45, 2.75) is 51.2 Å². The fourth-order valence-corrected chi connectivity index (χ4v) is 3.91. The molecule has 0 atom stereocenters. The number of hydrogen-bond acceptors (Lipinski definition) is 4. The predicted octanol–water partition coefficient (Wildman–Crippen LogP) is 3.40. The molecule has 5 heteroatoms. The highest BCUT2D eigenvalue weighted by Gasteiger charge is 2.44. The van der Waals surface area contributed by atoms with Gasteiger partial charge in [0.15, 0.2) is 11.5 Å². The number of likely N-dealkylation sites (tertiary alicyclic amines) is 1. The molecule has 5 nitrogen and oxygen atoms in total. The van der Waals surface area contributed by atoms with Gasteiger partial charge in [0.25, 0.3) is 5.79 Å². The monoisotopic (exact) mass is 330 g/mol. The molecule has 4 rings (SSSR count). The fourth-order valence-electron chi connectivity index (χ4n) is 3.91. The van der Waals surface area contributed by atoms with Crippen LogP contribution in [0.2, 0.25) is 0 Å². The first-order valence-corrected chi connectivity index (χ1v) is 9.16. The molecule has 2 heterocycles. The molecule has 1 saturated carbocycles. The van der Waals surface area contributed by atoms with Crippen LogP contribution < -0.4 is 14.8 Å². The van der Waals surface area contributed by atoms with Gasteiger partial charge in [0.05, 0.1) is 6.54 Å². The molecule has 0 unspecified atom stereocenters. The van der Waals surface area contributed by atoms with Gasteiger partial charge in [-0.2, -0.15) is 0 Å². The third-order valence-corrected chi connectivity index (χ3v) is 5.43. The number of fused-ring (bicyclic) bond motifs is 1. The smallest absolute Gasteiger partial charge is 0.251 e. The van der Waals surface area contributed by atoms with E-state index >= 15 is 0 Å². The lowest BCUT2D eigenvalue weighted by atomic mass is 9.99. The summed E-state index contributed by atoms with van der Waals surface area (Å²) in [6, 6.07) is 5.69. The van der Waals surface area contributed by atoms with E-state index in [-0.39, 0.29) is 5.91 Å². The minimum Gasteiger partial charge on any atom is -0.448 e. The Morgan fingerprint density at radius 3 is 2.67 bits per heavy atom. The Balaban J connectivity index is 1.35. The van der Waals surface area contributed by atoms with Crippen molar-refractivity contribution in [2.24, 2.45) is 5.92 Å². The summed E-state index contributed by atoms with van der Waals surface area (Å²) >= 11 is 0. The number of piperidine rings is 1. The third-order valence-electron chi connectivity index (χ3n) is 5.43.